The predicted molar refractivity (Wildman–Crippen MR) is 147 cm³/mol. The molecule has 2 aromatic carbocycles. The third-order valence-corrected chi connectivity index (χ3v) is 11.0. The number of hydrogen-bond donors (Lipinski definition) is 0. The highest BCUT2D eigenvalue weighted by Crippen LogP contribution is 2.68. The van der Waals surface area contributed by atoms with Gasteiger partial charge in [-0.3, -0.25) is 0 Å². The van der Waals surface area contributed by atoms with Gasteiger partial charge in [0.2, 0.25) is 0 Å². The fourth-order valence-corrected chi connectivity index (χ4v) is 9.88. The van der Waals surface area contributed by atoms with Crippen molar-refractivity contribution in [1.82, 2.24) is 0 Å². The first-order valence-electron chi connectivity index (χ1n) is 14.7. The molecule has 34 heavy (non-hydrogen) atoms. The lowest BCUT2D eigenvalue weighted by Crippen LogP contribution is -2.56. The maximum absolute atomic E-state index is 2.68. The highest BCUT2D eigenvalue weighted by atomic mass is 14.6. The quantitative estimate of drug-likeness (QED) is 0.420. The molecule has 0 aromatic heterocycles. The van der Waals surface area contributed by atoms with Crippen LogP contribution in [-0.2, 0) is 19.3 Å². The Morgan fingerprint density at radius 3 is 1.79 bits per heavy atom. The molecule has 2 aromatic rings. The zero-order valence-electron chi connectivity index (χ0n) is 22.6. The van der Waals surface area contributed by atoms with E-state index in [1.54, 1.807) is 27.8 Å². The first-order valence-corrected chi connectivity index (χ1v) is 14.7. The minimum absolute atomic E-state index is 0.583. The van der Waals surface area contributed by atoms with Gasteiger partial charge in [0, 0.05) is 0 Å². The van der Waals surface area contributed by atoms with E-state index in [9.17, 15) is 0 Å². The van der Waals surface area contributed by atoms with Crippen LogP contribution in [0.4, 0.5) is 0 Å². The van der Waals surface area contributed by atoms with Gasteiger partial charge in [-0.25, -0.2) is 0 Å². The van der Waals surface area contributed by atoms with E-state index in [4.69, 9.17) is 0 Å². The molecule has 7 atom stereocenters. The Hall–Kier alpha value is -1.56. The van der Waals surface area contributed by atoms with Gasteiger partial charge in [-0.2, -0.15) is 0 Å². The lowest BCUT2D eigenvalue weighted by Gasteiger charge is -2.64. The van der Waals surface area contributed by atoms with Gasteiger partial charge in [0.25, 0.3) is 0 Å². The van der Waals surface area contributed by atoms with E-state index in [-0.39, 0.29) is 0 Å². The van der Waals surface area contributed by atoms with Crippen molar-refractivity contribution < 1.29 is 0 Å². The van der Waals surface area contributed by atoms with Crippen LogP contribution >= 0.6 is 0 Å². The summed E-state index contributed by atoms with van der Waals surface area (Å²) in [5, 5.41) is 0. The van der Waals surface area contributed by atoms with Crippen LogP contribution in [0, 0.1) is 29.1 Å². The molecule has 0 radical (unpaired) electrons. The Kier molecular flexibility index (Phi) is 6.98. The minimum atomic E-state index is 0.583. The van der Waals surface area contributed by atoms with Crippen molar-refractivity contribution in [3.63, 3.8) is 0 Å². The van der Waals surface area contributed by atoms with Crippen molar-refractivity contribution >= 4 is 0 Å². The van der Waals surface area contributed by atoms with Gasteiger partial charge >= 0.3 is 0 Å². The van der Waals surface area contributed by atoms with Crippen LogP contribution in [0.5, 0.6) is 0 Å². The molecule has 0 nitrogen and oxygen atoms in total. The second-order valence-corrected chi connectivity index (χ2v) is 12.2. The zero-order valence-corrected chi connectivity index (χ0v) is 22.6. The van der Waals surface area contributed by atoms with Crippen LogP contribution < -0.4 is 0 Å². The van der Waals surface area contributed by atoms with Gasteiger partial charge in [-0.1, -0.05) is 83.5 Å². The maximum atomic E-state index is 2.68. The molecular weight excluding hydrogens is 408 g/mol. The average molecular weight is 457 g/mol. The van der Waals surface area contributed by atoms with Crippen LogP contribution in [0.25, 0.3) is 0 Å². The Balaban J connectivity index is 1.47. The van der Waals surface area contributed by atoms with Gasteiger partial charge in [-0.15, -0.1) is 0 Å². The highest BCUT2D eigenvalue weighted by molar-refractivity contribution is 5.39. The molecule has 0 heterocycles. The van der Waals surface area contributed by atoms with E-state index in [0.29, 0.717) is 5.41 Å². The smallest absolute Gasteiger partial charge is 0.0151 e. The van der Waals surface area contributed by atoms with Crippen molar-refractivity contribution in [2.24, 2.45) is 29.1 Å². The molecule has 3 fully saturated rings. The Bertz CT molecular complexity index is 963. The van der Waals surface area contributed by atoms with Crippen molar-refractivity contribution in [1.29, 1.82) is 0 Å². The van der Waals surface area contributed by atoms with Gasteiger partial charge in [0.05, 0.1) is 0 Å². The first kappa shape index (κ1) is 24.1. The van der Waals surface area contributed by atoms with E-state index < -0.39 is 0 Å². The summed E-state index contributed by atoms with van der Waals surface area (Å²) < 4.78 is 0. The molecule has 0 N–H and O–H groups in total. The molecule has 3 saturated carbocycles. The third-order valence-electron chi connectivity index (χ3n) is 11.0. The summed E-state index contributed by atoms with van der Waals surface area (Å²) in [6, 6.07) is 16.5. The number of hydrogen-bond acceptors (Lipinski definition) is 0. The highest BCUT2D eigenvalue weighted by Gasteiger charge is 2.59. The maximum Gasteiger partial charge on any atom is -0.0151 e. The molecule has 0 aliphatic heterocycles. The summed E-state index contributed by atoms with van der Waals surface area (Å²) in [6.07, 6.45) is 13.7. The SMILES string of the molecule is CCc1ccccc1C1CC(C)C23C(CCC[C@@H]2C[C@H](c2c(CC)cccc2CC)C[C@@H]3C)C1. The predicted octanol–water partition coefficient (Wildman–Crippen LogP) is 9.50. The minimum Gasteiger partial charge on any atom is -0.0620 e. The molecular formula is C34H48. The van der Waals surface area contributed by atoms with E-state index in [0.717, 1.165) is 35.5 Å². The lowest BCUT2D eigenvalue weighted by atomic mass is 9.41. The van der Waals surface area contributed by atoms with Crippen LogP contribution in [-0.4, -0.2) is 0 Å². The van der Waals surface area contributed by atoms with E-state index >= 15 is 0 Å². The summed E-state index contributed by atoms with van der Waals surface area (Å²) in [4.78, 5) is 0. The molecule has 184 valence electrons. The largest absolute Gasteiger partial charge is 0.0620 e. The standard InChI is InChI=1S/C34H48/c1-6-25-13-9-10-18-32(25)28-19-23(4)34-24(5)20-29(22-31(34)17-12-16-30(34)21-28)33-26(7-2)14-11-15-27(33)8-3/h9-11,13-15,18,23-24,28-31H,6-8,12,16-17,19-22H2,1-5H3/t23?,24-,28?,29+,30?,31+,34?/m0/s1. The molecule has 3 aliphatic carbocycles. The van der Waals surface area contributed by atoms with Crippen molar-refractivity contribution in [3.05, 3.63) is 70.3 Å². The Morgan fingerprint density at radius 1 is 0.647 bits per heavy atom. The van der Waals surface area contributed by atoms with Gasteiger partial charge in [-0.05, 0) is 127 Å². The monoisotopic (exact) mass is 456 g/mol. The Labute approximate surface area is 209 Å². The third kappa shape index (κ3) is 3.79. The molecule has 4 unspecified atom stereocenters. The molecule has 1 spiro atoms. The van der Waals surface area contributed by atoms with Gasteiger partial charge in [0.15, 0.2) is 0 Å². The van der Waals surface area contributed by atoms with Crippen LogP contribution in [0.15, 0.2) is 42.5 Å². The molecule has 0 saturated heterocycles. The second-order valence-electron chi connectivity index (χ2n) is 12.2. The summed E-state index contributed by atoms with van der Waals surface area (Å²) in [5.41, 5.74) is 8.89. The van der Waals surface area contributed by atoms with Crippen molar-refractivity contribution in [2.45, 2.75) is 111 Å². The molecule has 0 heteroatoms. The topological polar surface area (TPSA) is 0 Å². The molecule has 5 rings (SSSR count). The molecule has 0 amide bonds. The summed E-state index contributed by atoms with van der Waals surface area (Å²) in [6.45, 7) is 12.4. The normalized spacial score (nSPS) is 35.4. The van der Waals surface area contributed by atoms with Crippen LogP contribution in [0.3, 0.4) is 0 Å². The van der Waals surface area contributed by atoms with E-state index in [1.807, 2.05) is 0 Å². The fraction of sp³-hybridized carbons (Fsp3) is 0.647. The van der Waals surface area contributed by atoms with Crippen LogP contribution in [0.1, 0.15) is 119 Å². The van der Waals surface area contributed by atoms with E-state index in [2.05, 4.69) is 77.1 Å². The first-order chi connectivity index (χ1) is 16.5. The van der Waals surface area contributed by atoms with Crippen molar-refractivity contribution in [3.8, 4) is 0 Å². The van der Waals surface area contributed by atoms with Crippen molar-refractivity contribution in [2.75, 3.05) is 0 Å². The summed E-state index contributed by atoms with van der Waals surface area (Å²) in [7, 11) is 0. The van der Waals surface area contributed by atoms with E-state index in [1.165, 1.54) is 64.2 Å². The molecule has 0 bridgehead atoms. The molecule has 3 aliphatic rings. The van der Waals surface area contributed by atoms with Crippen LogP contribution in [0.2, 0.25) is 0 Å². The number of benzene rings is 2. The summed E-state index contributed by atoms with van der Waals surface area (Å²) in [5.74, 6) is 5.09. The van der Waals surface area contributed by atoms with Gasteiger partial charge in [0.1, 0.15) is 0 Å². The fourth-order valence-electron chi connectivity index (χ4n) is 9.88. The number of aryl methyl sites for hydroxylation is 3. The average Bonchev–Trinajstić information content (AvgIpc) is 2.87. The Morgan fingerprint density at radius 2 is 1.18 bits per heavy atom. The van der Waals surface area contributed by atoms with Gasteiger partial charge < -0.3 is 0 Å². The number of rotatable bonds is 5. The second kappa shape index (κ2) is 9.83. The summed E-state index contributed by atoms with van der Waals surface area (Å²) >= 11 is 0. The zero-order chi connectivity index (χ0) is 23.9. The lowest BCUT2D eigenvalue weighted by molar-refractivity contribution is -0.134.